The van der Waals surface area contributed by atoms with Gasteiger partial charge in [-0.3, -0.25) is 10.1 Å². The number of nitro benzene ring substituents is 1. The predicted molar refractivity (Wildman–Crippen MR) is 58.6 cm³/mol. The molecule has 0 aliphatic rings. The first-order valence-electron chi connectivity index (χ1n) is 4.59. The lowest BCUT2D eigenvalue weighted by Gasteiger charge is -1.94. The number of nitro groups is 1. The van der Waals surface area contributed by atoms with Crippen molar-refractivity contribution in [3.63, 3.8) is 0 Å². The highest BCUT2D eigenvalue weighted by molar-refractivity contribution is 5.44. The fourth-order valence-electron chi connectivity index (χ4n) is 1.05. The van der Waals surface area contributed by atoms with E-state index in [0.717, 1.165) is 12.1 Å². The van der Waals surface area contributed by atoms with Crippen molar-refractivity contribution in [2.24, 2.45) is 5.11 Å². The van der Waals surface area contributed by atoms with E-state index in [1.54, 1.807) is 0 Å². The van der Waals surface area contributed by atoms with Crippen LogP contribution in [-0.2, 0) is 0 Å². The van der Waals surface area contributed by atoms with Gasteiger partial charge in [-0.25, -0.2) is 0 Å². The zero-order valence-electron chi connectivity index (χ0n) is 8.63. The van der Waals surface area contributed by atoms with Crippen molar-refractivity contribution in [2.75, 3.05) is 6.54 Å². The van der Waals surface area contributed by atoms with Gasteiger partial charge in [-0.15, -0.1) is 0 Å². The monoisotopic (exact) mass is 234 g/mol. The molecule has 6 nitrogen and oxygen atoms in total. The van der Waals surface area contributed by atoms with Crippen molar-refractivity contribution in [1.82, 2.24) is 0 Å². The van der Waals surface area contributed by atoms with Gasteiger partial charge in [-0.2, -0.15) is 4.39 Å². The second-order valence-corrected chi connectivity index (χ2v) is 2.93. The molecule has 0 atom stereocenters. The average molecular weight is 234 g/mol. The number of azide groups is 1. The molecule has 86 valence electrons. The maximum absolute atomic E-state index is 13.0. The fourth-order valence-corrected chi connectivity index (χ4v) is 1.05. The fraction of sp³-hybridized carbons (Fsp3) is 0.200. The van der Waals surface area contributed by atoms with E-state index >= 15 is 0 Å². The van der Waals surface area contributed by atoms with Crippen LogP contribution in [0.1, 0.15) is 12.0 Å². The van der Waals surface area contributed by atoms with Crippen molar-refractivity contribution in [2.45, 2.75) is 6.42 Å². The Morgan fingerprint density at radius 3 is 3.00 bits per heavy atom. The zero-order valence-corrected chi connectivity index (χ0v) is 8.63. The summed E-state index contributed by atoms with van der Waals surface area (Å²) in [4.78, 5) is 12.2. The van der Waals surface area contributed by atoms with Crippen LogP contribution in [-0.4, -0.2) is 11.5 Å². The number of rotatable bonds is 3. The van der Waals surface area contributed by atoms with E-state index in [1.807, 2.05) is 0 Å². The molecular weight excluding hydrogens is 227 g/mol. The maximum Gasteiger partial charge on any atom is 0.306 e. The minimum absolute atomic E-state index is 0.229. The first kappa shape index (κ1) is 12.5. The van der Waals surface area contributed by atoms with Gasteiger partial charge in [-0.1, -0.05) is 17.0 Å². The molecule has 0 spiro atoms. The molecular formula is C10H7FN4O2. The third kappa shape index (κ3) is 3.81. The van der Waals surface area contributed by atoms with Gasteiger partial charge in [0.2, 0.25) is 5.82 Å². The van der Waals surface area contributed by atoms with Crippen LogP contribution in [0.5, 0.6) is 0 Å². The van der Waals surface area contributed by atoms with Crippen LogP contribution in [0.3, 0.4) is 0 Å². The van der Waals surface area contributed by atoms with E-state index in [4.69, 9.17) is 5.53 Å². The van der Waals surface area contributed by atoms with Gasteiger partial charge in [-0.05, 0) is 17.7 Å². The zero-order chi connectivity index (χ0) is 12.7. The molecule has 0 saturated heterocycles. The average Bonchev–Trinajstić information content (AvgIpc) is 2.30. The van der Waals surface area contributed by atoms with Crippen molar-refractivity contribution >= 4 is 5.69 Å². The molecule has 0 bridgehead atoms. The molecule has 0 N–H and O–H groups in total. The topological polar surface area (TPSA) is 91.9 Å². The minimum atomic E-state index is -0.894. The van der Waals surface area contributed by atoms with Crippen LogP contribution in [0.25, 0.3) is 10.4 Å². The summed E-state index contributed by atoms with van der Waals surface area (Å²) in [6, 6.07) is 3.41. The van der Waals surface area contributed by atoms with Crippen LogP contribution >= 0.6 is 0 Å². The van der Waals surface area contributed by atoms with Crippen LogP contribution in [0.4, 0.5) is 10.1 Å². The van der Waals surface area contributed by atoms with Gasteiger partial charge >= 0.3 is 5.69 Å². The smallest absolute Gasteiger partial charge is 0.258 e. The normalized spacial score (nSPS) is 8.76. The predicted octanol–water partition coefficient (Wildman–Crippen LogP) is 2.79. The van der Waals surface area contributed by atoms with Crippen LogP contribution < -0.4 is 0 Å². The maximum atomic E-state index is 13.0. The third-order valence-corrected chi connectivity index (χ3v) is 1.78. The molecule has 1 aromatic carbocycles. The summed E-state index contributed by atoms with van der Waals surface area (Å²) < 4.78 is 13.0. The standard InChI is InChI=1S/C10H7FN4O2/c11-9-5-4-8(7-10(9)15(16)17)3-1-2-6-13-14-12/h4-5,7H,2,6H2. The lowest BCUT2D eigenvalue weighted by Crippen LogP contribution is -1.92. The Balaban J connectivity index is 2.82. The summed E-state index contributed by atoms with van der Waals surface area (Å²) in [5.74, 6) is 4.39. The highest BCUT2D eigenvalue weighted by Crippen LogP contribution is 2.17. The number of nitrogens with zero attached hydrogens (tertiary/aromatic N) is 4. The molecule has 0 heterocycles. The molecule has 0 amide bonds. The number of hydrogen-bond acceptors (Lipinski definition) is 3. The Morgan fingerprint density at radius 1 is 1.59 bits per heavy atom. The van der Waals surface area contributed by atoms with Crippen molar-refractivity contribution in [3.05, 3.63) is 50.1 Å². The number of hydrogen-bond donors (Lipinski definition) is 0. The molecule has 0 radical (unpaired) electrons. The first-order chi connectivity index (χ1) is 8.15. The molecule has 0 fully saturated rings. The van der Waals surface area contributed by atoms with Gasteiger partial charge < -0.3 is 0 Å². The Bertz CT molecular complexity index is 541. The van der Waals surface area contributed by atoms with E-state index in [1.165, 1.54) is 6.07 Å². The van der Waals surface area contributed by atoms with Gasteiger partial charge in [0.1, 0.15) is 0 Å². The minimum Gasteiger partial charge on any atom is -0.258 e. The van der Waals surface area contributed by atoms with Crippen molar-refractivity contribution < 1.29 is 9.31 Å². The highest BCUT2D eigenvalue weighted by Gasteiger charge is 2.13. The number of halogens is 1. The lowest BCUT2D eigenvalue weighted by atomic mass is 10.2. The summed E-state index contributed by atoms with van der Waals surface area (Å²) in [6.07, 6.45) is 0.342. The Labute approximate surface area is 95.8 Å². The van der Waals surface area contributed by atoms with Crippen LogP contribution in [0, 0.1) is 27.8 Å². The first-order valence-corrected chi connectivity index (χ1v) is 4.59. The summed E-state index contributed by atoms with van der Waals surface area (Å²) in [7, 11) is 0. The Hall–Kier alpha value is -2.58. The Kier molecular flexibility index (Phi) is 4.48. The molecule has 1 aromatic rings. The van der Waals surface area contributed by atoms with Crippen LogP contribution in [0.15, 0.2) is 23.3 Å². The van der Waals surface area contributed by atoms with E-state index in [2.05, 4.69) is 21.9 Å². The van der Waals surface area contributed by atoms with Gasteiger partial charge in [0.05, 0.1) is 4.92 Å². The molecule has 0 aromatic heterocycles. The van der Waals surface area contributed by atoms with Crippen molar-refractivity contribution in [3.8, 4) is 11.8 Å². The van der Waals surface area contributed by atoms with E-state index < -0.39 is 16.4 Å². The van der Waals surface area contributed by atoms with Crippen molar-refractivity contribution in [1.29, 1.82) is 0 Å². The molecule has 17 heavy (non-hydrogen) atoms. The van der Waals surface area contributed by atoms with Gasteiger partial charge in [0.15, 0.2) is 0 Å². The Morgan fingerprint density at radius 2 is 2.35 bits per heavy atom. The second-order valence-electron chi connectivity index (χ2n) is 2.93. The summed E-state index contributed by atoms with van der Waals surface area (Å²) in [5, 5.41) is 13.7. The molecule has 0 aliphatic carbocycles. The molecule has 0 unspecified atom stereocenters. The summed E-state index contributed by atoms with van der Waals surface area (Å²) in [6.45, 7) is 0.229. The summed E-state index contributed by atoms with van der Waals surface area (Å²) in [5.41, 5.74) is 7.75. The third-order valence-electron chi connectivity index (χ3n) is 1.78. The second kappa shape index (κ2) is 6.10. The largest absolute Gasteiger partial charge is 0.306 e. The number of benzene rings is 1. The SMILES string of the molecule is [N-]=[N+]=NCCC#Cc1ccc(F)c([N+](=O)[O-])c1. The molecule has 1 rings (SSSR count). The van der Waals surface area contributed by atoms with E-state index in [9.17, 15) is 14.5 Å². The van der Waals surface area contributed by atoms with E-state index in [-0.39, 0.29) is 6.54 Å². The molecule has 0 saturated carbocycles. The molecule has 0 aliphatic heterocycles. The summed E-state index contributed by atoms with van der Waals surface area (Å²) >= 11 is 0. The van der Waals surface area contributed by atoms with Gasteiger partial charge in [0, 0.05) is 29.5 Å². The van der Waals surface area contributed by atoms with Gasteiger partial charge in [0.25, 0.3) is 0 Å². The lowest BCUT2D eigenvalue weighted by molar-refractivity contribution is -0.387. The van der Waals surface area contributed by atoms with Crippen LogP contribution in [0.2, 0.25) is 0 Å². The van der Waals surface area contributed by atoms with E-state index in [0.29, 0.717) is 12.0 Å². The quantitative estimate of drug-likeness (QED) is 0.153. The molecule has 7 heteroatoms. The highest BCUT2D eigenvalue weighted by atomic mass is 19.1.